The van der Waals surface area contributed by atoms with Crippen LogP contribution in [0.25, 0.3) is 0 Å². The zero-order chi connectivity index (χ0) is 9.47. The second-order valence-corrected chi connectivity index (χ2v) is 3.33. The van der Waals surface area contributed by atoms with E-state index in [2.05, 4.69) is 10.2 Å². The highest BCUT2D eigenvalue weighted by atomic mass is 16.6. The second kappa shape index (κ2) is 2.53. The number of nitrogens with zero attached hydrogens (tertiary/aromatic N) is 2. The van der Waals surface area contributed by atoms with Crippen LogP contribution in [-0.4, -0.2) is 26.8 Å². The molecule has 0 unspecified atom stereocenters. The minimum atomic E-state index is -0.478. The third kappa shape index (κ3) is 1.10. The molecule has 1 heterocycles. The number of aromatic amines is 1. The van der Waals surface area contributed by atoms with Crippen LogP contribution in [0.4, 0.5) is 5.69 Å². The van der Waals surface area contributed by atoms with Gasteiger partial charge in [0.05, 0.1) is 11.5 Å². The standard InChI is InChI=1S/C7H9N3O3/c11-4-7(1-2-7)6-5(10(12)13)3-8-9-6/h3,11H,1-2,4H2,(H,8,9). The molecule has 0 spiro atoms. The van der Waals surface area contributed by atoms with Gasteiger partial charge >= 0.3 is 5.69 Å². The molecule has 2 N–H and O–H groups in total. The molecule has 13 heavy (non-hydrogen) atoms. The molecule has 0 aromatic carbocycles. The van der Waals surface area contributed by atoms with E-state index in [1.54, 1.807) is 0 Å². The largest absolute Gasteiger partial charge is 0.395 e. The summed E-state index contributed by atoms with van der Waals surface area (Å²) in [5.74, 6) is 0. The molecule has 1 aliphatic rings. The Morgan fingerprint density at radius 3 is 2.92 bits per heavy atom. The summed E-state index contributed by atoms with van der Waals surface area (Å²) in [5.41, 5.74) is 0.0189. The molecule has 1 fully saturated rings. The number of rotatable bonds is 3. The maximum Gasteiger partial charge on any atom is 0.310 e. The van der Waals surface area contributed by atoms with Crippen LogP contribution < -0.4 is 0 Å². The van der Waals surface area contributed by atoms with Crippen LogP contribution in [0, 0.1) is 10.1 Å². The van der Waals surface area contributed by atoms with Gasteiger partial charge in [-0.15, -0.1) is 0 Å². The van der Waals surface area contributed by atoms with Crippen molar-refractivity contribution >= 4 is 5.69 Å². The molecule has 0 aliphatic heterocycles. The van der Waals surface area contributed by atoms with Gasteiger partial charge in [0.15, 0.2) is 0 Å². The summed E-state index contributed by atoms with van der Waals surface area (Å²) in [4.78, 5) is 10.1. The molecule has 0 atom stereocenters. The Morgan fingerprint density at radius 2 is 2.46 bits per heavy atom. The van der Waals surface area contributed by atoms with Crippen LogP contribution in [-0.2, 0) is 5.41 Å². The van der Waals surface area contributed by atoms with Crippen molar-refractivity contribution in [3.05, 3.63) is 22.0 Å². The molecule has 0 saturated heterocycles. The minimum absolute atomic E-state index is 0.0217. The van der Waals surface area contributed by atoms with Crippen molar-refractivity contribution in [3.8, 4) is 0 Å². The highest BCUT2D eigenvalue weighted by Gasteiger charge is 2.49. The van der Waals surface area contributed by atoms with Gasteiger partial charge in [-0.1, -0.05) is 0 Å². The van der Waals surface area contributed by atoms with E-state index >= 15 is 0 Å². The Labute approximate surface area is 73.7 Å². The van der Waals surface area contributed by atoms with E-state index in [0.717, 1.165) is 12.8 Å². The SMILES string of the molecule is O=[N+]([O-])c1cn[nH]c1C1(CO)CC1. The quantitative estimate of drug-likeness (QED) is 0.522. The molecular formula is C7H9N3O3. The van der Waals surface area contributed by atoms with Crippen molar-refractivity contribution in [2.75, 3.05) is 6.61 Å². The Hall–Kier alpha value is -1.43. The number of nitrogens with one attached hydrogen (secondary N) is 1. The summed E-state index contributed by atoms with van der Waals surface area (Å²) < 4.78 is 0. The summed E-state index contributed by atoms with van der Waals surface area (Å²) >= 11 is 0. The van der Waals surface area contributed by atoms with E-state index in [1.165, 1.54) is 6.20 Å². The van der Waals surface area contributed by atoms with E-state index in [0.29, 0.717) is 5.69 Å². The first-order chi connectivity index (χ1) is 6.19. The van der Waals surface area contributed by atoms with E-state index in [9.17, 15) is 10.1 Å². The molecule has 6 heteroatoms. The lowest BCUT2D eigenvalue weighted by Gasteiger charge is -2.06. The first kappa shape index (κ1) is 8.18. The van der Waals surface area contributed by atoms with Gasteiger partial charge in [-0.05, 0) is 12.8 Å². The number of H-pyrrole nitrogens is 1. The molecule has 0 amide bonds. The van der Waals surface area contributed by atoms with Gasteiger partial charge in [-0.2, -0.15) is 5.10 Å². The molecule has 1 aliphatic carbocycles. The predicted molar refractivity (Wildman–Crippen MR) is 43.2 cm³/mol. The van der Waals surface area contributed by atoms with E-state index in [-0.39, 0.29) is 12.3 Å². The summed E-state index contributed by atoms with van der Waals surface area (Å²) in [6.45, 7) is -0.0595. The molecule has 2 rings (SSSR count). The van der Waals surface area contributed by atoms with Crippen molar-refractivity contribution in [2.24, 2.45) is 0 Å². The van der Waals surface area contributed by atoms with Crippen LogP contribution in [0.2, 0.25) is 0 Å². The Balaban J connectivity index is 2.40. The fraction of sp³-hybridized carbons (Fsp3) is 0.571. The van der Waals surface area contributed by atoms with Crippen molar-refractivity contribution in [2.45, 2.75) is 18.3 Å². The van der Waals surface area contributed by atoms with Gasteiger partial charge in [0.25, 0.3) is 0 Å². The number of aliphatic hydroxyl groups excluding tert-OH is 1. The zero-order valence-electron chi connectivity index (χ0n) is 6.86. The fourth-order valence-electron chi connectivity index (χ4n) is 1.45. The first-order valence-corrected chi connectivity index (χ1v) is 3.99. The number of nitro groups is 1. The summed E-state index contributed by atoms with van der Waals surface area (Å²) in [6, 6.07) is 0. The highest BCUT2D eigenvalue weighted by Crippen LogP contribution is 2.49. The van der Waals surface area contributed by atoms with Crippen molar-refractivity contribution in [3.63, 3.8) is 0 Å². The average molecular weight is 183 g/mol. The predicted octanol–water partition coefficient (Wildman–Crippen LogP) is 0.342. The third-order valence-electron chi connectivity index (χ3n) is 2.50. The molecule has 70 valence electrons. The lowest BCUT2D eigenvalue weighted by atomic mass is 10.0. The van der Waals surface area contributed by atoms with Crippen molar-refractivity contribution in [1.82, 2.24) is 10.2 Å². The topological polar surface area (TPSA) is 92.0 Å². The van der Waals surface area contributed by atoms with Crippen LogP contribution in [0.15, 0.2) is 6.20 Å². The average Bonchev–Trinajstić information content (AvgIpc) is 2.74. The van der Waals surface area contributed by atoms with Gasteiger partial charge in [0.2, 0.25) is 0 Å². The van der Waals surface area contributed by atoms with Crippen LogP contribution in [0.3, 0.4) is 0 Å². The summed E-state index contributed by atoms with van der Waals surface area (Å²) in [5, 5.41) is 25.8. The Kier molecular flexibility index (Phi) is 1.59. The lowest BCUT2D eigenvalue weighted by Crippen LogP contribution is -2.14. The fourth-order valence-corrected chi connectivity index (χ4v) is 1.45. The van der Waals surface area contributed by atoms with E-state index in [1.807, 2.05) is 0 Å². The van der Waals surface area contributed by atoms with Gasteiger partial charge in [-0.25, -0.2) is 0 Å². The molecule has 1 aromatic heterocycles. The smallest absolute Gasteiger partial charge is 0.310 e. The maximum atomic E-state index is 10.5. The number of aliphatic hydroxyl groups is 1. The van der Waals surface area contributed by atoms with Crippen molar-refractivity contribution < 1.29 is 10.0 Å². The van der Waals surface area contributed by atoms with Gasteiger partial charge < -0.3 is 5.11 Å². The number of hydrogen-bond donors (Lipinski definition) is 2. The highest BCUT2D eigenvalue weighted by molar-refractivity contribution is 5.41. The van der Waals surface area contributed by atoms with Gasteiger partial charge in [0, 0.05) is 5.41 Å². The monoisotopic (exact) mass is 183 g/mol. The summed E-state index contributed by atoms with van der Waals surface area (Å²) in [7, 11) is 0. The van der Waals surface area contributed by atoms with Gasteiger partial charge in [-0.3, -0.25) is 15.2 Å². The molecule has 0 bridgehead atoms. The second-order valence-electron chi connectivity index (χ2n) is 3.33. The Bertz CT molecular complexity index is 343. The minimum Gasteiger partial charge on any atom is -0.395 e. The molecular weight excluding hydrogens is 174 g/mol. The van der Waals surface area contributed by atoms with Crippen LogP contribution in [0.5, 0.6) is 0 Å². The zero-order valence-corrected chi connectivity index (χ0v) is 6.86. The lowest BCUT2D eigenvalue weighted by molar-refractivity contribution is -0.385. The van der Waals surface area contributed by atoms with E-state index in [4.69, 9.17) is 5.11 Å². The molecule has 6 nitrogen and oxygen atoms in total. The van der Waals surface area contributed by atoms with Crippen LogP contribution >= 0.6 is 0 Å². The third-order valence-corrected chi connectivity index (χ3v) is 2.50. The van der Waals surface area contributed by atoms with E-state index < -0.39 is 10.3 Å². The molecule has 1 aromatic rings. The Morgan fingerprint density at radius 1 is 1.77 bits per heavy atom. The van der Waals surface area contributed by atoms with Crippen molar-refractivity contribution in [1.29, 1.82) is 0 Å². The van der Waals surface area contributed by atoms with Crippen LogP contribution in [0.1, 0.15) is 18.5 Å². The number of aromatic nitrogens is 2. The normalized spacial score (nSPS) is 18.5. The van der Waals surface area contributed by atoms with Gasteiger partial charge in [0.1, 0.15) is 11.9 Å². The molecule has 0 radical (unpaired) electrons. The first-order valence-electron chi connectivity index (χ1n) is 3.99. The summed E-state index contributed by atoms with van der Waals surface area (Å²) in [6.07, 6.45) is 2.75. The molecule has 1 saturated carbocycles. The maximum absolute atomic E-state index is 10.5. The number of hydrogen-bond acceptors (Lipinski definition) is 4.